The molecule has 0 amide bonds. The second-order valence-corrected chi connectivity index (χ2v) is 6.74. The molecule has 2 fully saturated rings. The molecule has 2 aliphatic carbocycles. The minimum absolute atomic E-state index is 0.0622. The van der Waals surface area contributed by atoms with Crippen LogP contribution in [0.25, 0.3) is 0 Å². The van der Waals surface area contributed by atoms with Crippen molar-refractivity contribution in [3.63, 3.8) is 0 Å². The molecule has 0 spiro atoms. The minimum Gasteiger partial charge on any atom is -0.298 e. The van der Waals surface area contributed by atoms with Gasteiger partial charge in [-0.25, -0.2) is 13.1 Å². The number of nitrogens with one attached hydrogen (secondary N) is 1. The van der Waals surface area contributed by atoms with Crippen molar-refractivity contribution in [3.8, 4) is 0 Å². The van der Waals surface area contributed by atoms with E-state index in [2.05, 4.69) is 4.72 Å². The first-order valence-electron chi connectivity index (χ1n) is 6.13. The Morgan fingerprint density at radius 3 is 2.25 bits per heavy atom. The van der Waals surface area contributed by atoms with E-state index in [1.165, 1.54) is 6.42 Å². The maximum Gasteiger partial charge on any atom is 0.221 e. The monoisotopic (exact) mass is 245 g/mol. The number of ketones is 1. The molecule has 0 heterocycles. The highest BCUT2D eigenvalue weighted by molar-refractivity contribution is 7.90. The Bertz CT molecular complexity index is 357. The van der Waals surface area contributed by atoms with E-state index in [4.69, 9.17) is 0 Å². The van der Waals surface area contributed by atoms with Crippen LogP contribution in [0.1, 0.15) is 51.4 Å². The van der Waals surface area contributed by atoms with Crippen molar-refractivity contribution in [2.45, 2.75) is 62.7 Å². The average molecular weight is 245 g/mol. The lowest BCUT2D eigenvalue weighted by atomic mass is 9.96. The van der Waals surface area contributed by atoms with Crippen LogP contribution in [0.4, 0.5) is 0 Å². The first-order chi connectivity index (χ1) is 7.59. The average Bonchev–Trinajstić information content (AvgIpc) is 2.66. The molecule has 1 N–H and O–H groups in total. The first kappa shape index (κ1) is 12.0. The molecular formula is C11H19NO3S. The molecule has 0 aromatic heterocycles. The Labute approximate surface area is 96.8 Å². The smallest absolute Gasteiger partial charge is 0.221 e. The van der Waals surface area contributed by atoms with Crippen LogP contribution in [0.15, 0.2) is 0 Å². The van der Waals surface area contributed by atoms with Crippen LogP contribution in [0.5, 0.6) is 0 Å². The standard InChI is InChI=1S/C11H19NO3S/c13-10-7-4-8-11(10)16(14,15)12-9-5-2-1-3-6-9/h9,11-12H,1-8H2. The van der Waals surface area contributed by atoms with Gasteiger partial charge in [0.2, 0.25) is 10.0 Å². The summed E-state index contributed by atoms with van der Waals surface area (Å²) >= 11 is 0. The van der Waals surface area contributed by atoms with Crippen LogP contribution in [0.2, 0.25) is 0 Å². The molecular weight excluding hydrogens is 226 g/mol. The SMILES string of the molecule is O=C1CCCC1S(=O)(=O)NC1CCCCC1. The van der Waals surface area contributed by atoms with Gasteiger partial charge in [-0.15, -0.1) is 0 Å². The quantitative estimate of drug-likeness (QED) is 0.816. The van der Waals surface area contributed by atoms with Gasteiger partial charge in [0.15, 0.2) is 5.78 Å². The number of carbonyl (C=O) groups excluding carboxylic acids is 1. The molecule has 1 unspecified atom stereocenters. The molecule has 5 heteroatoms. The molecule has 0 saturated heterocycles. The summed E-state index contributed by atoms with van der Waals surface area (Å²) < 4.78 is 26.7. The van der Waals surface area contributed by atoms with Gasteiger partial charge in [-0.3, -0.25) is 4.79 Å². The van der Waals surface area contributed by atoms with E-state index in [0.29, 0.717) is 12.8 Å². The van der Waals surface area contributed by atoms with E-state index >= 15 is 0 Å². The highest BCUT2D eigenvalue weighted by atomic mass is 32.2. The molecule has 2 aliphatic rings. The normalized spacial score (nSPS) is 28.5. The third-order valence-corrected chi connectivity index (χ3v) is 5.47. The van der Waals surface area contributed by atoms with Crippen molar-refractivity contribution in [2.75, 3.05) is 0 Å². The van der Waals surface area contributed by atoms with Gasteiger partial charge < -0.3 is 0 Å². The molecule has 0 aromatic rings. The van der Waals surface area contributed by atoms with Crippen molar-refractivity contribution in [1.29, 1.82) is 0 Å². The molecule has 2 saturated carbocycles. The van der Waals surface area contributed by atoms with Gasteiger partial charge in [-0.2, -0.15) is 0 Å². The lowest BCUT2D eigenvalue weighted by Gasteiger charge is -2.24. The number of Topliss-reactive ketones (excluding diaryl/α,β-unsaturated/α-hetero) is 1. The number of sulfonamides is 1. The molecule has 2 rings (SSSR count). The van der Waals surface area contributed by atoms with Crippen LogP contribution in [-0.2, 0) is 14.8 Å². The zero-order chi connectivity index (χ0) is 11.6. The summed E-state index contributed by atoms with van der Waals surface area (Å²) in [5.41, 5.74) is 0. The summed E-state index contributed by atoms with van der Waals surface area (Å²) in [4.78, 5) is 11.4. The zero-order valence-corrected chi connectivity index (χ0v) is 10.3. The van der Waals surface area contributed by atoms with Gasteiger partial charge in [0.1, 0.15) is 5.25 Å². The Balaban J connectivity index is 1.98. The van der Waals surface area contributed by atoms with Gasteiger partial charge in [-0.1, -0.05) is 19.3 Å². The van der Waals surface area contributed by atoms with Crippen LogP contribution in [0, 0.1) is 0 Å². The largest absolute Gasteiger partial charge is 0.298 e. The van der Waals surface area contributed by atoms with Crippen LogP contribution in [0.3, 0.4) is 0 Å². The summed E-state index contributed by atoms with van der Waals surface area (Å²) in [7, 11) is -3.41. The van der Waals surface area contributed by atoms with Gasteiger partial charge in [-0.05, 0) is 25.7 Å². The highest BCUT2D eigenvalue weighted by Gasteiger charge is 2.37. The highest BCUT2D eigenvalue weighted by Crippen LogP contribution is 2.23. The van der Waals surface area contributed by atoms with Crippen molar-refractivity contribution >= 4 is 15.8 Å². The van der Waals surface area contributed by atoms with E-state index in [9.17, 15) is 13.2 Å². The van der Waals surface area contributed by atoms with Gasteiger partial charge in [0.05, 0.1) is 0 Å². The summed E-state index contributed by atoms with van der Waals surface area (Å²) in [6.45, 7) is 0. The Hall–Kier alpha value is -0.420. The number of carbonyl (C=O) groups is 1. The van der Waals surface area contributed by atoms with E-state index in [1.807, 2.05) is 0 Å². The third-order valence-electron chi connectivity index (χ3n) is 3.56. The fourth-order valence-corrected chi connectivity index (χ4v) is 4.45. The predicted octanol–water partition coefficient (Wildman–Crippen LogP) is 1.36. The third kappa shape index (κ3) is 2.63. The summed E-state index contributed by atoms with van der Waals surface area (Å²) in [6.07, 6.45) is 6.85. The maximum absolute atomic E-state index is 12.0. The summed E-state index contributed by atoms with van der Waals surface area (Å²) in [5.74, 6) is -0.108. The fraction of sp³-hybridized carbons (Fsp3) is 0.909. The van der Waals surface area contributed by atoms with E-state index < -0.39 is 15.3 Å². The van der Waals surface area contributed by atoms with Crippen molar-refractivity contribution < 1.29 is 13.2 Å². The van der Waals surface area contributed by atoms with Crippen molar-refractivity contribution in [1.82, 2.24) is 4.72 Å². The van der Waals surface area contributed by atoms with Crippen LogP contribution < -0.4 is 4.72 Å². The fourth-order valence-electron chi connectivity index (χ4n) is 2.65. The van der Waals surface area contributed by atoms with Crippen molar-refractivity contribution in [3.05, 3.63) is 0 Å². The number of rotatable bonds is 3. The lowest BCUT2D eigenvalue weighted by molar-refractivity contribution is -0.117. The molecule has 0 bridgehead atoms. The summed E-state index contributed by atoms with van der Waals surface area (Å²) in [5, 5.41) is -0.769. The Kier molecular flexibility index (Phi) is 3.64. The molecule has 92 valence electrons. The van der Waals surface area contributed by atoms with Gasteiger partial charge in [0.25, 0.3) is 0 Å². The van der Waals surface area contributed by atoms with E-state index in [-0.39, 0.29) is 11.8 Å². The Morgan fingerprint density at radius 2 is 1.69 bits per heavy atom. The summed E-state index contributed by atoms with van der Waals surface area (Å²) in [6, 6.07) is 0.0622. The lowest BCUT2D eigenvalue weighted by Crippen LogP contribution is -2.43. The second kappa shape index (κ2) is 4.84. The zero-order valence-electron chi connectivity index (χ0n) is 9.44. The van der Waals surface area contributed by atoms with Crippen molar-refractivity contribution in [2.24, 2.45) is 0 Å². The van der Waals surface area contributed by atoms with E-state index in [0.717, 1.165) is 32.1 Å². The van der Waals surface area contributed by atoms with Gasteiger partial charge in [0, 0.05) is 12.5 Å². The molecule has 0 aliphatic heterocycles. The molecule has 1 atom stereocenters. The topological polar surface area (TPSA) is 63.2 Å². The number of hydrogen-bond acceptors (Lipinski definition) is 3. The second-order valence-electron chi connectivity index (χ2n) is 4.84. The molecule has 4 nitrogen and oxygen atoms in total. The molecule has 0 radical (unpaired) electrons. The predicted molar refractivity (Wildman–Crippen MR) is 61.6 cm³/mol. The number of hydrogen-bond donors (Lipinski definition) is 1. The molecule has 16 heavy (non-hydrogen) atoms. The van der Waals surface area contributed by atoms with Gasteiger partial charge >= 0.3 is 0 Å². The first-order valence-corrected chi connectivity index (χ1v) is 7.68. The maximum atomic E-state index is 12.0. The Morgan fingerprint density at radius 1 is 1.00 bits per heavy atom. The minimum atomic E-state index is -3.41. The van der Waals surface area contributed by atoms with Crippen LogP contribution in [-0.4, -0.2) is 25.5 Å². The molecule has 0 aromatic carbocycles. The van der Waals surface area contributed by atoms with Crippen LogP contribution >= 0.6 is 0 Å². The van der Waals surface area contributed by atoms with E-state index in [1.54, 1.807) is 0 Å².